The molecule has 6 N–H and O–H groups in total. The number of nitrogens with zero attached hydrogens (tertiary/aromatic N) is 4. The fourth-order valence-electron chi connectivity index (χ4n) is 7.39. The number of Topliss-reactive ketones (excluding diaryl/α,β-unsaturated/α-hetero) is 1. The molecule has 2 aliphatic rings. The number of phosphoric acid groups is 3. The average molecular weight is 1040 g/mol. The zero-order valence-electron chi connectivity index (χ0n) is 37.7. The van der Waals surface area contributed by atoms with Gasteiger partial charge < -0.3 is 69.0 Å². The maximum Gasteiger partial charge on any atom is 0.274 e. The van der Waals surface area contributed by atoms with Crippen molar-refractivity contribution < 1.29 is 85.3 Å². The van der Waals surface area contributed by atoms with Gasteiger partial charge in [0.2, 0.25) is 16.9 Å². The molecule has 0 bridgehead atoms. The molecule has 9 atom stereocenters. The number of fused-ring (bicyclic) bond motifs is 1. The number of unbranched alkanes of at least 4 members (excludes halogenated alkanes) is 3. The molecule has 0 radical (unpaired) electrons. The second-order valence-corrected chi connectivity index (χ2v) is 21.8. The van der Waals surface area contributed by atoms with E-state index in [4.69, 9.17) is 10.5 Å². The number of phosphoric ester groups is 3. The quantitative estimate of drug-likeness (QED) is 0.0322. The minimum Gasteiger partial charge on any atom is -0.790 e. The van der Waals surface area contributed by atoms with Gasteiger partial charge in [-0.05, 0) is 50.5 Å². The smallest absolute Gasteiger partial charge is 0.274 e. The Morgan fingerprint density at radius 2 is 1.78 bits per heavy atom. The summed E-state index contributed by atoms with van der Waals surface area (Å²) in [6.45, 7) is 2.12. The number of carbonyl (C=O) groups excluding carboxylic acids is 4. The fourth-order valence-corrected chi connectivity index (χ4v) is 10.7. The van der Waals surface area contributed by atoms with Crippen LogP contribution in [0, 0.1) is 17.3 Å². The minimum atomic E-state index is -5.93. The highest BCUT2D eigenvalue weighted by atomic mass is 32.2. The SMILES string of the molecule is CC/C=C\C[C@@H]1C(=O)CC[C@@H]1CCCCC/C=C/C(=O)SCCNC(=O)CCNC(=O)[C@H](O)C(C)(C)COP(=O)([O-])OP(=O)([O-])OC[C@H]1O[C@@H](n2cnc3c(N)ncnc32)[C@H](O)[C@@H]1OP(=O)([O-])[O-]. The number of carbonyl (C=O) groups is 4. The highest BCUT2D eigenvalue weighted by molar-refractivity contribution is 8.14. The Balaban J connectivity index is 1.11. The third-order valence-corrected chi connectivity index (χ3v) is 14.8. The van der Waals surface area contributed by atoms with Gasteiger partial charge in [0.1, 0.15) is 42.0 Å². The minimum absolute atomic E-state index is 0.0243. The fraction of sp³-hybridized carbons (Fsp3) is 0.667. The van der Waals surface area contributed by atoms with Gasteiger partial charge in [-0.25, -0.2) is 19.3 Å². The van der Waals surface area contributed by atoms with Crippen LogP contribution >= 0.6 is 35.2 Å². The van der Waals surface area contributed by atoms with Crippen LogP contribution in [0.15, 0.2) is 37.0 Å². The number of rotatable bonds is 29. The van der Waals surface area contributed by atoms with Gasteiger partial charge in [0.15, 0.2) is 17.7 Å². The van der Waals surface area contributed by atoms with E-state index in [9.17, 15) is 62.7 Å². The maximum atomic E-state index is 12.6. The van der Waals surface area contributed by atoms with Crippen molar-refractivity contribution in [2.45, 2.75) is 116 Å². The second-order valence-electron chi connectivity index (χ2n) is 16.7. The normalized spacial score (nSPS) is 23.6. The number of nitrogens with one attached hydrogen (secondary N) is 2. The molecule has 68 heavy (non-hydrogen) atoms. The number of ether oxygens (including phenoxy) is 1. The van der Waals surface area contributed by atoms with Crippen LogP contribution < -0.4 is 35.9 Å². The van der Waals surface area contributed by atoms with Crippen LogP contribution in [0.2, 0.25) is 0 Å². The van der Waals surface area contributed by atoms with Gasteiger partial charge in [-0.1, -0.05) is 63.6 Å². The Hall–Kier alpha value is -3.29. The molecule has 0 aromatic carbocycles. The molecule has 29 heteroatoms. The number of nitrogens with two attached hydrogens (primary N) is 1. The van der Waals surface area contributed by atoms with Gasteiger partial charge in [0.25, 0.3) is 15.6 Å². The molecule has 2 amide bonds. The van der Waals surface area contributed by atoms with Crippen LogP contribution in [0.4, 0.5) is 5.82 Å². The summed E-state index contributed by atoms with van der Waals surface area (Å²) in [6, 6.07) is 0. The number of hydrogen-bond acceptors (Lipinski definition) is 23. The molecule has 1 aliphatic carbocycles. The molecule has 1 saturated carbocycles. The van der Waals surface area contributed by atoms with E-state index in [1.54, 1.807) is 0 Å². The molecular weight excluding hydrogens is 979 g/mol. The molecule has 0 spiro atoms. The summed E-state index contributed by atoms with van der Waals surface area (Å²) in [6.07, 6.45) is 8.13. The first-order chi connectivity index (χ1) is 31.9. The number of thioether (sulfide) groups is 1. The number of amides is 2. The van der Waals surface area contributed by atoms with Crippen LogP contribution in [0.5, 0.6) is 0 Å². The third-order valence-electron chi connectivity index (χ3n) is 11.0. The van der Waals surface area contributed by atoms with Crippen molar-refractivity contribution in [3.63, 3.8) is 0 Å². The second kappa shape index (κ2) is 26.2. The number of nitrogen functional groups attached to an aromatic ring is 1. The topological polar surface area (TPSA) is 392 Å². The van der Waals surface area contributed by atoms with E-state index < -0.39 is 84.6 Å². The predicted molar refractivity (Wildman–Crippen MR) is 236 cm³/mol. The van der Waals surface area contributed by atoms with Gasteiger partial charge in [0, 0.05) is 43.0 Å². The zero-order valence-corrected chi connectivity index (χ0v) is 41.2. The highest BCUT2D eigenvalue weighted by Crippen LogP contribution is 2.56. The van der Waals surface area contributed by atoms with Crippen LogP contribution in [0.3, 0.4) is 0 Å². The van der Waals surface area contributed by atoms with Gasteiger partial charge in [-0.2, -0.15) is 0 Å². The van der Waals surface area contributed by atoms with E-state index in [-0.39, 0.29) is 47.5 Å². The standard InChI is InChI=1S/C39H62N7O18P3S/c1-4-5-9-13-26-25(15-16-27(26)47)12-10-7-6-8-11-14-30(49)68-20-19-41-29(48)17-18-42-37(52)34(51)39(2,3)22-61-67(58,59)64-66(56,57)60-21-28-33(63-65(53,54)55)32(50)38(62-28)46-24-45-31-35(40)43-23-44-36(31)46/h5,9,11,14,23-26,28,32-34,38,50-51H,4,6-8,10,12-13,15-22H2,1-3H3,(H,41,48)(H,42,52)(H,56,57)(H,58,59)(H2,40,43,44)(H2,53,54,55)/p-4/b9-5-,14-11+/t25-,26-,28+,32+,33+,34-,38+/m0/s1. The number of aliphatic hydroxyl groups excluding tert-OH is 2. The van der Waals surface area contributed by atoms with Crippen molar-refractivity contribution in [3.05, 3.63) is 37.0 Å². The molecule has 1 saturated heterocycles. The van der Waals surface area contributed by atoms with Gasteiger partial charge >= 0.3 is 0 Å². The molecule has 4 rings (SSSR count). The Morgan fingerprint density at radius 3 is 2.50 bits per heavy atom. The van der Waals surface area contributed by atoms with Crippen LogP contribution in [-0.2, 0) is 55.5 Å². The van der Waals surface area contributed by atoms with Crippen LogP contribution in [-0.4, -0.2) is 109 Å². The van der Waals surface area contributed by atoms with Gasteiger partial charge in [-0.3, -0.25) is 32.9 Å². The summed E-state index contributed by atoms with van der Waals surface area (Å²) in [5, 5.41) is 26.2. The van der Waals surface area contributed by atoms with E-state index in [1.165, 1.54) is 19.9 Å². The lowest BCUT2D eigenvalue weighted by molar-refractivity contribution is -0.347. The largest absolute Gasteiger partial charge is 0.790 e. The molecule has 2 aromatic rings. The molecule has 1 aliphatic heterocycles. The van der Waals surface area contributed by atoms with Gasteiger partial charge in [0.05, 0.1) is 27.4 Å². The number of allylic oxidation sites excluding steroid dienone is 3. The Labute approximate surface area is 396 Å². The molecule has 2 aromatic heterocycles. The van der Waals surface area contributed by atoms with Crippen molar-refractivity contribution in [1.82, 2.24) is 30.2 Å². The van der Waals surface area contributed by atoms with Crippen molar-refractivity contribution in [2.75, 3.05) is 37.8 Å². The monoisotopic (exact) mass is 1040 g/mol. The number of anilines is 1. The van der Waals surface area contributed by atoms with E-state index >= 15 is 0 Å². The molecule has 25 nitrogen and oxygen atoms in total. The summed E-state index contributed by atoms with van der Waals surface area (Å²) < 4.78 is 60.8. The number of aliphatic hydroxyl groups is 2. The summed E-state index contributed by atoms with van der Waals surface area (Å²) in [4.78, 5) is 109. The van der Waals surface area contributed by atoms with Crippen LogP contribution in [0.25, 0.3) is 11.2 Å². The maximum absolute atomic E-state index is 12.6. The van der Waals surface area contributed by atoms with Crippen molar-refractivity contribution in [3.8, 4) is 0 Å². The highest BCUT2D eigenvalue weighted by Gasteiger charge is 2.47. The molecular formula is C39H58N7O18P3S-4. The first-order valence-corrected chi connectivity index (χ1v) is 27.1. The lowest BCUT2D eigenvalue weighted by atomic mass is 9.87. The summed E-state index contributed by atoms with van der Waals surface area (Å²) in [7, 11) is -17.6. The number of ketones is 1. The Morgan fingerprint density at radius 1 is 1.04 bits per heavy atom. The van der Waals surface area contributed by atoms with Crippen LogP contribution in [0.1, 0.15) is 91.2 Å². The number of hydrogen-bond donors (Lipinski definition) is 5. The van der Waals surface area contributed by atoms with Crippen molar-refractivity contribution in [2.24, 2.45) is 17.3 Å². The zero-order chi connectivity index (χ0) is 50.3. The van der Waals surface area contributed by atoms with Gasteiger partial charge in [-0.15, -0.1) is 0 Å². The third kappa shape index (κ3) is 18.1. The Bertz CT molecular complexity index is 2240. The first-order valence-electron chi connectivity index (χ1n) is 21.8. The lowest BCUT2D eigenvalue weighted by Crippen LogP contribution is -2.46. The molecule has 2 unspecified atom stereocenters. The van der Waals surface area contributed by atoms with E-state index in [0.717, 1.165) is 80.4 Å². The molecule has 3 heterocycles. The van der Waals surface area contributed by atoms with E-state index in [2.05, 4.69) is 62.5 Å². The number of aromatic nitrogens is 4. The van der Waals surface area contributed by atoms with Crippen molar-refractivity contribution >= 4 is 74.9 Å². The summed E-state index contributed by atoms with van der Waals surface area (Å²) >= 11 is 1.03. The van der Waals surface area contributed by atoms with E-state index in [1.807, 2.05) is 6.08 Å². The van der Waals surface area contributed by atoms with E-state index in [0.29, 0.717) is 23.9 Å². The Kier molecular flexibility index (Phi) is 22.1. The number of imidazole rings is 1. The molecule has 2 fully saturated rings. The van der Waals surface area contributed by atoms with Crippen molar-refractivity contribution in [1.29, 1.82) is 0 Å². The first kappa shape index (κ1) is 57.3. The lowest BCUT2D eigenvalue weighted by Gasteiger charge is -2.36. The summed E-state index contributed by atoms with van der Waals surface area (Å²) in [5.74, 6) is -0.303. The average Bonchev–Trinajstić information content (AvgIpc) is 3.94. The summed E-state index contributed by atoms with van der Waals surface area (Å²) in [5.41, 5.74) is 4.06. The predicted octanol–water partition coefficient (Wildman–Crippen LogP) is 0.595. The molecule has 382 valence electrons.